The van der Waals surface area contributed by atoms with Crippen LogP contribution in [0.1, 0.15) is 28.4 Å². The van der Waals surface area contributed by atoms with Gasteiger partial charge in [0.05, 0.1) is 24.3 Å². The number of benzene rings is 1. The molecule has 84 valence electrons. The molecule has 0 heterocycles. The molecule has 1 N–H and O–H groups in total. The van der Waals surface area contributed by atoms with Crippen LogP contribution in [0.15, 0.2) is 16.6 Å². The van der Waals surface area contributed by atoms with Gasteiger partial charge in [-0.1, -0.05) is 6.07 Å². The number of nitrogens with zero attached hydrogens (tertiary/aromatic N) is 1. The van der Waals surface area contributed by atoms with E-state index in [-0.39, 0.29) is 24.3 Å². The van der Waals surface area contributed by atoms with Crippen LogP contribution in [0.4, 0.5) is 0 Å². The normalized spacial score (nSPS) is 9.62. The van der Waals surface area contributed by atoms with E-state index >= 15 is 0 Å². The van der Waals surface area contributed by atoms with Crippen LogP contribution in [0.5, 0.6) is 0 Å². The highest BCUT2D eigenvalue weighted by molar-refractivity contribution is 9.10. The number of halogens is 1. The fourth-order valence-electron chi connectivity index (χ4n) is 1.24. The summed E-state index contributed by atoms with van der Waals surface area (Å²) in [6.07, 6.45) is 0. The Balaban J connectivity index is 3.33. The maximum atomic E-state index is 11.6. The van der Waals surface area contributed by atoms with Crippen LogP contribution in [-0.2, 0) is 11.3 Å². The largest absolute Gasteiger partial charge is 0.462 e. The monoisotopic (exact) mass is 283 g/mol. The SMILES string of the molecule is CCOC(=O)c1c(C#N)ccc(CO)c1Br. The van der Waals surface area contributed by atoms with Crippen molar-refractivity contribution in [3.8, 4) is 6.07 Å². The molecule has 0 aliphatic heterocycles. The number of nitriles is 1. The lowest BCUT2D eigenvalue weighted by Crippen LogP contribution is -2.09. The van der Waals surface area contributed by atoms with Gasteiger partial charge in [-0.15, -0.1) is 0 Å². The molecule has 5 heteroatoms. The summed E-state index contributed by atoms with van der Waals surface area (Å²) >= 11 is 3.19. The number of aliphatic hydroxyl groups excluding tert-OH is 1. The lowest BCUT2D eigenvalue weighted by atomic mass is 10.1. The maximum absolute atomic E-state index is 11.6. The third-order valence-electron chi connectivity index (χ3n) is 1.99. The van der Waals surface area contributed by atoms with Crippen LogP contribution in [-0.4, -0.2) is 17.7 Å². The van der Waals surface area contributed by atoms with Crippen molar-refractivity contribution in [2.24, 2.45) is 0 Å². The average molecular weight is 284 g/mol. The van der Waals surface area contributed by atoms with Gasteiger partial charge in [0.15, 0.2) is 0 Å². The first-order valence-corrected chi connectivity index (χ1v) is 5.44. The van der Waals surface area contributed by atoms with Gasteiger partial charge in [-0.25, -0.2) is 4.79 Å². The highest BCUT2D eigenvalue weighted by Gasteiger charge is 2.18. The standard InChI is InChI=1S/C11H10BrNO3/c1-2-16-11(15)9-7(5-13)3-4-8(6-14)10(9)12/h3-4,14H,2,6H2,1H3. The molecule has 0 atom stereocenters. The lowest BCUT2D eigenvalue weighted by molar-refractivity contribution is 0.0524. The molecule has 16 heavy (non-hydrogen) atoms. The number of ether oxygens (including phenoxy) is 1. The summed E-state index contributed by atoms with van der Waals surface area (Å²) in [6, 6.07) is 4.99. The van der Waals surface area contributed by atoms with Crippen molar-refractivity contribution in [3.63, 3.8) is 0 Å². The molecule has 0 saturated heterocycles. The van der Waals surface area contributed by atoms with Crippen molar-refractivity contribution in [1.29, 1.82) is 5.26 Å². The van der Waals surface area contributed by atoms with Crippen molar-refractivity contribution < 1.29 is 14.6 Å². The Morgan fingerprint density at radius 1 is 1.62 bits per heavy atom. The highest BCUT2D eigenvalue weighted by Crippen LogP contribution is 2.26. The molecule has 1 rings (SSSR count). The predicted molar refractivity (Wildman–Crippen MR) is 60.7 cm³/mol. The number of hydrogen-bond donors (Lipinski definition) is 1. The van der Waals surface area contributed by atoms with E-state index in [2.05, 4.69) is 15.9 Å². The second kappa shape index (κ2) is 5.64. The Kier molecular flexibility index (Phi) is 4.47. The van der Waals surface area contributed by atoms with Crippen molar-refractivity contribution in [1.82, 2.24) is 0 Å². The molecule has 0 radical (unpaired) electrons. The fraction of sp³-hybridized carbons (Fsp3) is 0.273. The fourth-order valence-corrected chi connectivity index (χ4v) is 1.87. The summed E-state index contributed by atoms with van der Waals surface area (Å²) < 4.78 is 5.26. The molecule has 0 spiro atoms. The van der Waals surface area contributed by atoms with Gasteiger partial charge in [-0.2, -0.15) is 5.26 Å². The van der Waals surface area contributed by atoms with E-state index in [9.17, 15) is 4.79 Å². The summed E-state index contributed by atoms with van der Waals surface area (Å²) in [5.41, 5.74) is 0.931. The second-order valence-electron chi connectivity index (χ2n) is 2.95. The number of aliphatic hydroxyl groups is 1. The molecule has 1 aromatic rings. The first-order chi connectivity index (χ1) is 7.65. The molecule has 0 bridgehead atoms. The van der Waals surface area contributed by atoms with E-state index in [0.717, 1.165) is 0 Å². The van der Waals surface area contributed by atoms with E-state index in [4.69, 9.17) is 15.1 Å². The van der Waals surface area contributed by atoms with Crippen molar-refractivity contribution in [3.05, 3.63) is 33.3 Å². The predicted octanol–water partition coefficient (Wildman–Crippen LogP) is 1.99. The zero-order valence-corrected chi connectivity index (χ0v) is 10.2. The van der Waals surface area contributed by atoms with Gasteiger partial charge in [0.2, 0.25) is 0 Å². The van der Waals surface area contributed by atoms with E-state index in [1.54, 1.807) is 13.0 Å². The van der Waals surface area contributed by atoms with Crippen LogP contribution in [0.2, 0.25) is 0 Å². The van der Waals surface area contributed by atoms with Gasteiger partial charge in [0.25, 0.3) is 0 Å². The summed E-state index contributed by atoms with van der Waals surface area (Å²) in [7, 11) is 0. The molecule has 0 saturated carbocycles. The summed E-state index contributed by atoms with van der Waals surface area (Å²) in [6.45, 7) is 1.71. The molecule has 0 fully saturated rings. The minimum Gasteiger partial charge on any atom is -0.462 e. The molecule has 0 aromatic heterocycles. The molecule has 0 unspecified atom stereocenters. The smallest absolute Gasteiger partial charge is 0.340 e. The second-order valence-corrected chi connectivity index (χ2v) is 3.74. The Morgan fingerprint density at radius 3 is 2.81 bits per heavy atom. The first-order valence-electron chi connectivity index (χ1n) is 4.65. The van der Waals surface area contributed by atoms with Crippen molar-refractivity contribution in [2.75, 3.05) is 6.61 Å². The van der Waals surface area contributed by atoms with E-state index in [1.165, 1.54) is 6.07 Å². The van der Waals surface area contributed by atoms with Crippen molar-refractivity contribution >= 4 is 21.9 Å². The van der Waals surface area contributed by atoms with Gasteiger partial charge in [0.1, 0.15) is 6.07 Å². The van der Waals surface area contributed by atoms with Crippen LogP contribution >= 0.6 is 15.9 Å². The average Bonchev–Trinajstić information content (AvgIpc) is 2.28. The van der Waals surface area contributed by atoms with Crippen LogP contribution in [0, 0.1) is 11.3 Å². The minimum atomic E-state index is -0.568. The maximum Gasteiger partial charge on any atom is 0.340 e. The van der Waals surface area contributed by atoms with Crippen LogP contribution in [0.25, 0.3) is 0 Å². The number of carbonyl (C=O) groups excluding carboxylic acids is 1. The number of hydrogen-bond acceptors (Lipinski definition) is 4. The van der Waals surface area contributed by atoms with E-state index in [1.807, 2.05) is 6.07 Å². The molecule has 0 aliphatic carbocycles. The third kappa shape index (κ3) is 2.40. The third-order valence-corrected chi connectivity index (χ3v) is 2.90. The highest BCUT2D eigenvalue weighted by atomic mass is 79.9. The Hall–Kier alpha value is -1.38. The molecular formula is C11H10BrNO3. The Labute approximate surface area is 102 Å². The Morgan fingerprint density at radius 2 is 2.31 bits per heavy atom. The lowest BCUT2D eigenvalue weighted by Gasteiger charge is -2.09. The zero-order chi connectivity index (χ0) is 12.1. The summed E-state index contributed by atoms with van der Waals surface area (Å²) in [5.74, 6) is -0.568. The van der Waals surface area contributed by atoms with Crippen LogP contribution < -0.4 is 0 Å². The number of esters is 1. The van der Waals surface area contributed by atoms with E-state index in [0.29, 0.717) is 10.0 Å². The quantitative estimate of drug-likeness (QED) is 0.862. The van der Waals surface area contributed by atoms with Crippen LogP contribution in [0.3, 0.4) is 0 Å². The Bertz CT molecular complexity index is 451. The van der Waals surface area contributed by atoms with Gasteiger partial charge in [0, 0.05) is 4.47 Å². The first kappa shape index (κ1) is 12.7. The van der Waals surface area contributed by atoms with Gasteiger partial charge >= 0.3 is 5.97 Å². The summed E-state index contributed by atoms with van der Waals surface area (Å²) in [4.78, 5) is 11.6. The number of carbonyl (C=O) groups is 1. The van der Waals surface area contributed by atoms with E-state index < -0.39 is 5.97 Å². The van der Waals surface area contributed by atoms with Gasteiger partial charge in [-0.05, 0) is 34.5 Å². The number of rotatable bonds is 3. The molecule has 4 nitrogen and oxygen atoms in total. The molecule has 0 amide bonds. The van der Waals surface area contributed by atoms with Gasteiger partial charge < -0.3 is 9.84 Å². The van der Waals surface area contributed by atoms with Crippen molar-refractivity contribution in [2.45, 2.75) is 13.5 Å². The topological polar surface area (TPSA) is 70.3 Å². The molecule has 0 aliphatic rings. The molecular weight excluding hydrogens is 274 g/mol. The minimum absolute atomic E-state index is 0.163. The molecule has 1 aromatic carbocycles. The zero-order valence-electron chi connectivity index (χ0n) is 8.66. The van der Waals surface area contributed by atoms with Gasteiger partial charge in [-0.3, -0.25) is 0 Å². The summed E-state index contributed by atoms with van der Waals surface area (Å²) in [5, 5.41) is 17.9.